The number of rotatable bonds is 4. The minimum absolute atomic E-state index is 0.173. The summed E-state index contributed by atoms with van der Waals surface area (Å²) in [6.07, 6.45) is 8.82. The maximum Gasteiger partial charge on any atom is 0.221 e. The van der Waals surface area contributed by atoms with Crippen LogP contribution in [-0.4, -0.2) is 34.9 Å². The second-order valence-corrected chi connectivity index (χ2v) is 11.7. The van der Waals surface area contributed by atoms with Gasteiger partial charge in [-0.1, -0.05) is 110 Å². The summed E-state index contributed by atoms with van der Waals surface area (Å²) in [7, 11) is 0. The largest absolute Gasteiger partial charge is 0.326 e. The Morgan fingerprint density at radius 1 is 0.872 bits per heavy atom. The van der Waals surface area contributed by atoms with Crippen molar-refractivity contribution in [2.45, 2.75) is 72.3 Å². The Morgan fingerprint density at radius 3 is 1.92 bits per heavy atom. The predicted octanol–water partition coefficient (Wildman–Crippen LogP) is 9.31. The van der Waals surface area contributed by atoms with Crippen molar-refractivity contribution in [3.05, 3.63) is 82.6 Å². The molecule has 1 N–H and O–H groups in total. The molecule has 0 unspecified atom stereocenters. The summed E-state index contributed by atoms with van der Waals surface area (Å²) in [6.45, 7) is 11.0. The van der Waals surface area contributed by atoms with Gasteiger partial charge < -0.3 is 10.2 Å². The summed E-state index contributed by atoms with van der Waals surface area (Å²) >= 11 is 11.2. The number of likely N-dealkylation sites (tertiary alicyclic amines) is 1. The van der Waals surface area contributed by atoms with Gasteiger partial charge in [-0.25, -0.2) is 4.98 Å². The Labute approximate surface area is 245 Å². The number of hydrogen-bond donors (Lipinski definition) is 1. The van der Waals surface area contributed by atoms with Gasteiger partial charge in [0.25, 0.3) is 0 Å². The fourth-order valence-corrected chi connectivity index (χ4v) is 5.80. The maximum atomic E-state index is 10.6. The number of carbonyl (C=O) groups excluding carboxylic acids is 1. The number of benzene rings is 2. The molecule has 2 heterocycles. The van der Waals surface area contributed by atoms with Crippen LogP contribution in [0.2, 0.25) is 10.3 Å². The lowest BCUT2D eigenvalue weighted by atomic mass is 9.86. The SMILES string of the molecule is CC(=O)Nc1cc(Cl)nc(Cl)c1.CC(C)C1CCN(C2CCCC2)CC1.Cc1ccc(-c2ccccc2)cc1. The van der Waals surface area contributed by atoms with Gasteiger partial charge in [-0.05, 0) is 80.8 Å². The molecule has 3 aromatic rings. The highest BCUT2D eigenvalue weighted by Gasteiger charge is 2.27. The lowest BCUT2D eigenvalue weighted by molar-refractivity contribution is -0.114. The van der Waals surface area contributed by atoms with Gasteiger partial charge in [0.2, 0.25) is 5.91 Å². The van der Waals surface area contributed by atoms with Gasteiger partial charge in [0.15, 0.2) is 0 Å². The number of pyridine rings is 1. The summed E-state index contributed by atoms with van der Waals surface area (Å²) in [5.41, 5.74) is 4.42. The van der Waals surface area contributed by atoms with Crippen LogP contribution in [0, 0.1) is 18.8 Å². The van der Waals surface area contributed by atoms with E-state index in [9.17, 15) is 4.79 Å². The van der Waals surface area contributed by atoms with E-state index < -0.39 is 0 Å². The van der Waals surface area contributed by atoms with Crippen molar-refractivity contribution >= 4 is 34.8 Å². The fraction of sp³-hybridized carbons (Fsp3) is 0.455. The Kier molecular flexibility index (Phi) is 12.8. The van der Waals surface area contributed by atoms with E-state index in [1.807, 2.05) is 6.07 Å². The molecular formula is C33H43Cl2N3O. The van der Waals surface area contributed by atoms with Crippen molar-refractivity contribution in [1.82, 2.24) is 9.88 Å². The van der Waals surface area contributed by atoms with Crippen LogP contribution in [0.15, 0.2) is 66.7 Å². The second kappa shape index (κ2) is 16.0. The molecule has 0 spiro atoms. The fourth-order valence-electron chi connectivity index (χ4n) is 5.34. The number of halogens is 2. The summed E-state index contributed by atoms with van der Waals surface area (Å²) < 4.78 is 0. The topological polar surface area (TPSA) is 45.2 Å². The third-order valence-electron chi connectivity index (χ3n) is 7.60. The molecule has 2 aliphatic rings. The minimum Gasteiger partial charge on any atom is -0.326 e. The van der Waals surface area contributed by atoms with Gasteiger partial charge in [-0.15, -0.1) is 0 Å². The van der Waals surface area contributed by atoms with E-state index >= 15 is 0 Å². The molecule has 4 nitrogen and oxygen atoms in total. The quantitative estimate of drug-likeness (QED) is 0.319. The molecule has 1 amide bonds. The summed E-state index contributed by atoms with van der Waals surface area (Å²) in [5.74, 6) is 1.74. The highest BCUT2D eigenvalue weighted by atomic mass is 35.5. The molecule has 1 saturated heterocycles. The first-order valence-corrected chi connectivity index (χ1v) is 14.9. The molecule has 39 heavy (non-hydrogen) atoms. The van der Waals surface area contributed by atoms with Gasteiger partial charge in [0.1, 0.15) is 10.3 Å². The van der Waals surface area contributed by atoms with E-state index in [4.69, 9.17) is 23.2 Å². The molecule has 2 fully saturated rings. The molecule has 0 radical (unpaired) electrons. The van der Waals surface area contributed by atoms with Crippen molar-refractivity contribution < 1.29 is 4.79 Å². The van der Waals surface area contributed by atoms with Crippen LogP contribution in [0.4, 0.5) is 5.69 Å². The van der Waals surface area contributed by atoms with E-state index in [0.29, 0.717) is 5.69 Å². The monoisotopic (exact) mass is 567 g/mol. The molecule has 6 heteroatoms. The maximum absolute atomic E-state index is 10.6. The van der Waals surface area contributed by atoms with Crippen molar-refractivity contribution in [3.63, 3.8) is 0 Å². The average Bonchev–Trinajstić information content (AvgIpc) is 3.45. The highest BCUT2D eigenvalue weighted by molar-refractivity contribution is 6.32. The minimum atomic E-state index is -0.173. The highest BCUT2D eigenvalue weighted by Crippen LogP contribution is 2.30. The van der Waals surface area contributed by atoms with Gasteiger partial charge in [-0.3, -0.25) is 4.79 Å². The van der Waals surface area contributed by atoms with Crippen LogP contribution >= 0.6 is 23.2 Å². The Balaban J connectivity index is 0.000000162. The molecule has 1 aliphatic carbocycles. The van der Waals surface area contributed by atoms with Gasteiger partial charge in [0.05, 0.1) is 0 Å². The molecule has 0 atom stereocenters. The van der Waals surface area contributed by atoms with E-state index in [1.165, 1.54) is 87.4 Å². The Hall–Kier alpha value is -2.40. The molecule has 5 rings (SSSR count). The van der Waals surface area contributed by atoms with Crippen molar-refractivity contribution in [2.75, 3.05) is 18.4 Å². The zero-order valence-electron chi connectivity index (χ0n) is 23.8. The first kappa shape index (κ1) is 31.1. The lowest BCUT2D eigenvalue weighted by Gasteiger charge is -2.37. The summed E-state index contributed by atoms with van der Waals surface area (Å²) in [5, 5.41) is 3.05. The van der Waals surface area contributed by atoms with E-state index in [2.05, 4.69) is 84.5 Å². The number of carbonyl (C=O) groups is 1. The van der Waals surface area contributed by atoms with Crippen LogP contribution in [0.5, 0.6) is 0 Å². The summed E-state index contributed by atoms with van der Waals surface area (Å²) in [4.78, 5) is 17.1. The van der Waals surface area contributed by atoms with E-state index in [0.717, 1.165) is 17.9 Å². The van der Waals surface area contributed by atoms with Gasteiger partial charge in [0, 0.05) is 18.7 Å². The number of piperidine rings is 1. The van der Waals surface area contributed by atoms with Crippen LogP contribution in [-0.2, 0) is 4.79 Å². The molecule has 1 aromatic heterocycles. The standard InChI is InChI=1S/C13H25N.C13H12.C7H6Cl2N2O/c1-11(2)12-7-9-14(10-8-12)13-5-3-4-6-13;1-11-7-9-13(10-8-11)12-5-3-2-4-6-12;1-4(12)10-5-2-6(8)11-7(9)3-5/h11-13H,3-10H2,1-2H3;2-10H,1H3;2-3H,1H3,(H,10,11,12). The van der Waals surface area contributed by atoms with Crippen LogP contribution in [0.3, 0.4) is 0 Å². The Bertz CT molecular complexity index is 1120. The third-order valence-corrected chi connectivity index (χ3v) is 7.99. The molecule has 1 aliphatic heterocycles. The number of nitrogens with zero attached hydrogens (tertiary/aromatic N) is 2. The number of amides is 1. The molecule has 0 bridgehead atoms. The molecule has 1 saturated carbocycles. The number of nitrogens with one attached hydrogen (secondary N) is 1. The first-order chi connectivity index (χ1) is 18.7. The summed E-state index contributed by atoms with van der Waals surface area (Å²) in [6, 6.07) is 23.0. The molecular weight excluding hydrogens is 525 g/mol. The second-order valence-electron chi connectivity index (χ2n) is 11.0. The number of aromatic nitrogens is 1. The normalized spacial score (nSPS) is 16.2. The van der Waals surface area contributed by atoms with Crippen LogP contribution < -0.4 is 5.32 Å². The Morgan fingerprint density at radius 2 is 1.41 bits per heavy atom. The third kappa shape index (κ3) is 10.9. The van der Waals surface area contributed by atoms with Gasteiger partial charge in [-0.2, -0.15) is 0 Å². The predicted molar refractivity (Wildman–Crippen MR) is 167 cm³/mol. The smallest absolute Gasteiger partial charge is 0.221 e. The van der Waals surface area contributed by atoms with Crippen LogP contribution in [0.25, 0.3) is 11.1 Å². The van der Waals surface area contributed by atoms with Crippen molar-refractivity contribution in [1.29, 1.82) is 0 Å². The zero-order chi connectivity index (χ0) is 28.2. The zero-order valence-corrected chi connectivity index (χ0v) is 25.3. The van der Waals surface area contributed by atoms with Crippen LogP contribution in [0.1, 0.15) is 64.9 Å². The average molecular weight is 569 g/mol. The lowest BCUT2D eigenvalue weighted by Crippen LogP contribution is -2.40. The van der Waals surface area contributed by atoms with Crippen molar-refractivity contribution in [3.8, 4) is 11.1 Å². The van der Waals surface area contributed by atoms with Gasteiger partial charge >= 0.3 is 0 Å². The first-order valence-electron chi connectivity index (χ1n) is 14.2. The molecule has 210 valence electrons. The number of anilines is 1. The molecule has 2 aromatic carbocycles. The van der Waals surface area contributed by atoms with E-state index in [1.54, 1.807) is 0 Å². The number of hydrogen-bond acceptors (Lipinski definition) is 3. The van der Waals surface area contributed by atoms with E-state index in [-0.39, 0.29) is 16.2 Å². The van der Waals surface area contributed by atoms with Crippen molar-refractivity contribution in [2.24, 2.45) is 11.8 Å². The number of aryl methyl sites for hydroxylation is 1.